The topological polar surface area (TPSA) is 196 Å². The van der Waals surface area contributed by atoms with Gasteiger partial charge < -0.3 is 31.3 Å². The number of halogens is 4. The Kier molecular flexibility index (Phi) is 10.3. The van der Waals surface area contributed by atoms with E-state index in [-0.39, 0.29) is 29.5 Å². The number of carbonyl (C=O) groups is 4. The third-order valence-corrected chi connectivity index (χ3v) is 7.44. The van der Waals surface area contributed by atoms with Gasteiger partial charge in [-0.3, -0.25) is 18.9 Å². The Morgan fingerprint density at radius 1 is 0.750 bits per heavy atom. The lowest BCUT2D eigenvalue weighted by atomic mass is 9.99. The van der Waals surface area contributed by atoms with E-state index < -0.39 is 66.1 Å². The van der Waals surface area contributed by atoms with Crippen LogP contribution in [0.4, 0.5) is 17.6 Å². The Morgan fingerprint density at radius 3 is 1.68 bits per heavy atom. The molecule has 0 aliphatic carbocycles. The van der Waals surface area contributed by atoms with Crippen molar-refractivity contribution in [1.29, 1.82) is 0 Å². The standard InChI is InChI=1S/C28H26F4N3O8P/c29-27(30,26(39)40)19-10-6-17(7-11-19)15-22(35-24(37)18-4-2-1-3-5-18)25(38)34-21(23(33)36)14-16-8-12-20(13-9-16)28(31,32)44(41,42)43/h1-13,21-22H,14-15H2,(H2,33,36)(H,34,38)(H,35,37)(H,39,40)(H2,41,42,43)/t21-,22-/m0/s1. The molecular formula is C28H26F4N3O8P. The number of benzene rings is 3. The maximum Gasteiger partial charge on any atom is 0.399 e. The van der Waals surface area contributed by atoms with Gasteiger partial charge in [0.05, 0.1) is 0 Å². The summed E-state index contributed by atoms with van der Waals surface area (Å²) in [5.74, 6) is -9.20. The number of alkyl halides is 4. The van der Waals surface area contributed by atoms with E-state index in [0.29, 0.717) is 0 Å². The molecule has 3 aromatic rings. The summed E-state index contributed by atoms with van der Waals surface area (Å²) >= 11 is 0. The number of carbonyl (C=O) groups excluding carboxylic acids is 3. The SMILES string of the molecule is NC(=O)[C@H](Cc1ccc(C(F)(F)P(=O)(O)O)cc1)NC(=O)[C@H](Cc1ccc(C(F)(F)C(=O)O)cc1)NC(=O)c1ccccc1. The highest BCUT2D eigenvalue weighted by Crippen LogP contribution is 2.59. The number of amides is 3. The first kappa shape index (κ1) is 33.9. The third kappa shape index (κ3) is 8.07. The average Bonchev–Trinajstić information content (AvgIpc) is 2.96. The fourth-order valence-electron chi connectivity index (χ4n) is 3.99. The van der Waals surface area contributed by atoms with Gasteiger partial charge in [0, 0.05) is 29.5 Å². The van der Waals surface area contributed by atoms with E-state index in [4.69, 9.17) is 20.6 Å². The molecule has 16 heteroatoms. The van der Waals surface area contributed by atoms with Crippen LogP contribution in [0.3, 0.4) is 0 Å². The van der Waals surface area contributed by atoms with Crippen LogP contribution >= 0.6 is 7.60 Å². The van der Waals surface area contributed by atoms with Crippen LogP contribution in [0.5, 0.6) is 0 Å². The van der Waals surface area contributed by atoms with Crippen LogP contribution < -0.4 is 16.4 Å². The van der Waals surface area contributed by atoms with Gasteiger partial charge in [-0.2, -0.15) is 17.6 Å². The first-order valence-electron chi connectivity index (χ1n) is 12.6. The summed E-state index contributed by atoms with van der Waals surface area (Å²) in [6, 6.07) is 12.4. The number of rotatable bonds is 13. The number of nitrogens with one attached hydrogen (secondary N) is 2. The molecule has 3 aromatic carbocycles. The van der Waals surface area contributed by atoms with Gasteiger partial charge in [-0.25, -0.2) is 4.79 Å². The summed E-state index contributed by atoms with van der Waals surface area (Å²) in [6.07, 6.45) is -0.623. The molecule has 0 aliphatic heterocycles. The molecular weight excluding hydrogens is 613 g/mol. The Balaban J connectivity index is 1.83. The minimum atomic E-state index is -5.82. The first-order valence-corrected chi connectivity index (χ1v) is 14.2. The van der Waals surface area contributed by atoms with Crippen molar-refractivity contribution in [2.75, 3.05) is 0 Å². The van der Waals surface area contributed by atoms with E-state index >= 15 is 0 Å². The molecule has 0 heterocycles. The molecule has 0 spiro atoms. The van der Waals surface area contributed by atoms with Gasteiger partial charge in [0.2, 0.25) is 11.8 Å². The summed E-state index contributed by atoms with van der Waals surface area (Å²) in [5, 5.41) is 13.6. The van der Waals surface area contributed by atoms with Crippen molar-refractivity contribution in [2.24, 2.45) is 5.73 Å². The molecule has 0 saturated carbocycles. The van der Waals surface area contributed by atoms with E-state index in [1.54, 1.807) is 18.2 Å². The van der Waals surface area contributed by atoms with Crippen LogP contribution in [-0.2, 0) is 43.4 Å². The van der Waals surface area contributed by atoms with Gasteiger partial charge >= 0.3 is 25.2 Å². The molecule has 0 saturated heterocycles. The van der Waals surface area contributed by atoms with Gasteiger partial charge in [-0.05, 0) is 23.3 Å². The molecule has 0 bridgehead atoms. The van der Waals surface area contributed by atoms with Crippen molar-refractivity contribution in [3.05, 3.63) is 107 Å². The van der Waals surface area contributed by atoms with Gasteiger partial charge in [0.15, 0.2) is 0 Å². The Labute approximate surface area is 247 Å². The number of hydrogen-bond donors (Lipinski definition) is 6. The lowest BCUT2D eigenvalue weighted by molar-refractivity contribution is -0.166. The summed E-state index contributed by atoms with van der Waals surface area (Å²) in [6.45, 7) is 0. The van der Waals surface area contributed by atoms with Crippen molar-refractivity contribution < 1.29 is 56.2 Å². The smallest absolute Gasteiger partial charge is 0.399 e. The highest BCUT2D eigenvalue weighted by atomic mass is 31.2. The largest absolute Gasteiger partial charge is 0.477 e. The molecule has 0 unspecified atom stereocenters. The number of carboxylic acids is 1. The molecule has 3 amide bonds. The second kappa shape index (κ2) is 13.4. The number of carboxylic acid groups (broad SMARTS) is 1. The molecule has 234 valence electrons. The first-order chi connectivity index (χ1) is 20.4. The highest BCUT2D eigenvalue weighted by molar-refractivity contribution is 7.52. The van der Waals surface area contributed by atoms with E-state index in [0.717, 1.165) is 48.5 Å². The summed E-state index contributed by atoms with van der Waals surface area (Å²) in [4.78, 5) is 67.0. The van der Waals surface area contributed by atoms with Crippen molar-refractivity contribution in [2.45, 2.75) is 36.5 Å². The Bertz CT molecular complexity index is 1570. The second-order valence-corrected chi connectivity index (χ2v) is 11.3. The van der Waals surface area contributed by atoms with Crippen LogP contribution in [0.1, 0.15) is 32.6 Å². The van der Waals surface area contributed by atoms with E-state index in [1.165, 1.54) is 12.1 Å². The predicted octanol–water partition coefficient (Wildman–Crippen LogP) is 2.64. The average molecular weight is 639 g/mol. The Hall–Kier alpha value is -4.59. The van der Waals surface area contributed by atoms with Crippen molar-refractivity contribution in [3.63, 3.8) is 0 Å². The van der Waals surface area contributed by atoms with Crippen LogP contribution in [0.15, 0.2) is 78.9 Å². The lowest BCUT2D eigenvalue weighted by Gasteiger charge is -2.23. The van der Waals surface area contributed by atoms with Crippen LogP contribution in [0.25, 0.3) is 0 Å². The maximum absolute atomic E-state index is 14.0. The van der Waals surface area contributed by atoms with E-state index in [1.807, 2.05) is 0 Å². The zero-order valence-corrected chi connectivity index (χ0v) is 23.4. The molecule has 11 nitrogen and oxygen atoms in total. The number of nitrogens with two attached hydrogens (primary N) is 1. The predicted molar refractivity (Wildman–Crippen MR) is 147 cm³/mol. The number of hydrogen-bond acceptors (Lipinski definition) is 5. The molecule has 3 rings (SSSR count). The molecule has 0 aliphatic rings. The fraction of sp³-hybridized carbons (Fsp3) is 0.214. The summed E-state index contributed by atoms with van der Waals surface area (Å²) in [5.41, 5.74) is -0.247. The lowest BCUT2D eigenvalue weighted by Crippen LogP contribution is -2.54. The molecule has 7 N–H and O–H groups in total. The van der Waals surface area contributed by atoms with Crippen molar-refractivity contribution >= 4 is 31.3 Å². The number of aliphatic carboxylic acids is 1. The molecule has 44 heavy (non-hydrogen) atoms. The summed E-state index contributed by atoms with van der Waals surface area (Å²) in [7, 11) is -5.82. The highest BCUT2D eigenvalue weighted by Gasteiger charge is 2.50. The minimum absolute atomic E-state index is 0.167. The monoisotopic (exact) mass is 639 g/mol. The Morgan fingerprint density at radius 2 is 1.23 bits per heavy atom. The van der Waals surface area contributed by atoms with E-state index in [9.17, 15) is 41.3 Å². The molecule has 0 radical (unpaired) electrons. The number of primary amides is 1. The maximum atomic E-state index is 14.0. The zero-order chi connectivity index (χ0) is 32.9. The molecule has 2 atom stereocenters. The zero-order valence-electron chi connectivity index (χ0n) is 22.5. The molecule has 0 aromatic heterocycles. The quantitative estimate of drug-likeness (QED) is 0.121. The van der Waals surface area contributed by atoms with Crippen LogP contribution in [-0.4, -0.2) is 50.7 Å². The van der Waals surface area contributed by atoms with Gasteiger partial charge in [-0.1, -0.05) is 66.7 Å². The van der Waals surface area contributed by atoms with Crippen molar-refractivity contribution in [3.8, 4) is 0 Å². The normalized spacial score (nSPS) is 13.4. The van der Waals surface area contributed by atoms with Gasteiger partial charge in [0.25, 0.3) is 5.91 Å². The van der Waals surface area contributed by atoms with Crippen LogP contribution in [0.2, 0.25) is 0 Å². The minimum Gasteiger partial charge on any atom is -0.477 e. The van der Waals surface area contributed by atoms with Gasteiger partial charge in [-0.15, -0.1) is 0 Å². The van der Waals surface area contributed by atoms with Gasteiger partial charge in [0.1, 0.15) is 12.1 Å². The summed E-state index contributed by atoms with van der Waals surface area (Å²) < 4.78 is 66.8. The fourth-order valence-corrected chi connectivity index (χ4v) is 4.48. The molecule has 0 fully saturated rings. The van der Waals surface area contributed by atoms with E-state index in [2.05, 4.69) is 10.6 Å². The van der Waals surface area contributed by atoms with Crippen LogP contribution in [0, 0.1) is 0 Å². The second-order valence-electron chi connectivity index (χ2n) is 9.62. The van der Waals surface area contributed by atoms with Crippen molar-refractivity contribution in [1.82, 2.24) is 10.6 Å². The third-order valence-electron chi connectivity index (χ3n) is 6.45.